The summed E-state index contributed by atoms with van der Waals surface area (Å²) in [5, 5.41) is 0. The normalized spacial score (nSPS) is 30.0. The van der Waals surface area contributed by atoms with Crippen molar-refractivity contribution in [2.24, 2.45) is 0 Å². The van der Waals surface area contributed by atoms with E-state index in [1.165, 1.54) is 11.5 Å². The highest BCUT2D eigenvalue weighted by atomic mass is 32.3. The van der Waals surface area contributed by atoms with Crippen LogP contribution in [0.5, 0.6) is 0 Å². The van der Waals surface area contributed by atoms with Gasteiger partial charge in [-0.2, -0.15) is 25.3 Å². The molecule has 0 aliphatic carbocycles. The molecule has 0 unspecified atom stereocenters. The SMILES string of the molecule is SCC1(CS)CSC2(O1)SCCS2. The van der Waals surface area contributed by atoms with Crippen molar-refractivity contribution < 1.29 is 4.74 Å². The third-order valence-corrected chi connectivity index (χ3v) is 8.40. The molecule has 0 radical (unpaired) electrons. The molecule has 0 aromatic carbocycles. The van der Waals surface area contributed by atoms with Crippen LogP contribution in [0.4, 0.5) is 0 Å². The number of thioether (sulfide) groups is 3. The van der Waals surface area contributed by atoms with Crippen molar-refractivity contribution in [1.29, 1.82) is 0 Å². The molecule has 76 valence electrons. The van der Waals surface area contributed by atoms with Gasteiger partial charge in [-0.15, -0.1) is 35.3 Å². The van der Waals surface area contributed by atoms with Crippen molar-refractivity contribution in [3.05, 3.63) is 0 Å². The van der Waals surface area contributed by atoms with Crippen LogP contribution >= 0.6 is 60.5 Å². The molecular weight excluding hydrogens is 260 g/mol. The molecule has 13 heavy (non-hydrogen) atoms. The van der Waals surface area contributed by atoms with E-state index in [0.29, 0.717) is 0 Å². The van der Waals surface area contributed by atoms with E-state index >= 15 is 0 Å². The Morgan fingerprint density at radius 2 is 1.69 bits per heavy atom. The van der Waals surface area contributed by atoms with Crippen molar-refractivity contribution in [2.75, 3.05) is 28.8 Å². The molecule has 2 aliphatic rings. The summed E-state index contributed by atoms with van der Waals surface area (Å²) in [6.45, 7) is 0. The van der Waals surface area contributed by atoms with Gasteiger partial charge in [0, 0.05) is 28.8 Å². The average Bonchev–Trinajstić information content (AvgIpc) is 2.76. The summed E-state index contributed by atoms with van der Waals surface area (Å²) < 4.78 is 6.11. The van der Waals surface area contributed by atoms with Crippen LogP contribution in [0.25, 0.3) is 0 Å². The maximum Gasteiger partial charge on any atom is 0.209 e. The molecule has 1 spiro atoms. The monoisotopic (exact) mass is 272 g/mol. The average molecular weight is 273 g/mol. The first-order valence-electron chi connectivity index (χ1n) is 4.08. The Hall–Kier alpha value is 1.71. The summed E-state index contributed by atoms with van der Waals surface area (Å²) in [4.78, 5) is 0. The van der Waals surface area contributed by atoms with Gasteiger partial charge in [0.1, 0.15) is 0 Å². The Bertz CT molecular complexity index is 183. The van der Waals surface area contributed by atoms with Gasteiger partial charge in [0.15, 0.2) is 0 Å². The molecule has 1 nitrogen and oxygen atoms in total. The van der Waals surface area contributed by atoms with Crippen LogP contribution in [-0.4, -0.2) is 38.0 Å². The van der Waals surface area contributed by atoms with Crippen molar-refractivity contribution in [3.8, 4) is 0 Å². The summed E-state index contributed by atoms with van der Waals surface area (Å²) in [7, 11) is 0. The van der Waals surface area contributed by atoms with E-state index in [1.807, 2.05) is 35.3 Å². The Morgan fingerprint density at radius 1 is 1.08 bits per heavy atom. The van der Waals surface area contributed by atoms with Crippen LogP contribution in [0.3, 0.4) is 0 Å². The van der Waals surface area contributed by atoms with Crippen LogP contribution in [0.1, 0.15) is 0 Å². The van der Waals surface area contributed by atoms with E-state index in [1.54, 1.807) is 0 Å². The minimum atomic E-state index is -0.0960. The van der Waals surface area contributed by atoms with E-state index in [0.717, 1.165) is 17.3 Å². The highest BCUT2D eigenvalue weighted by Gasteiger charge is 2.51. The molecule has 2 heterocycles. The molecule has 0 atom stereocenters. The fourth-order valence-electron chi connectivity index (χ4n) is 1.27. The first-order valence-corrected chi connectivity index (χ1v) is 8.30. The minimum absolute atomic E-state index is 0.0224. The topological polar surface area (TPSA) is 9.23 Å². The van der Waals surface area contributed by atoms with Crippen molar-refractivity contribution >= 4 is 60.5 Å². The molecular formula is C7H12OS5. The van der Waals surface area contributed by atoms with Crippen LogP contribution in [0.15, 0.2) is 0 Å². The fourth-order valence-corrected chi connectivity index (χ4v) is 7.25. The lowest BCUT2D eigenvalue weighted by Crippen LogP contribution is -2.37. The zero-order valence-corrected chi connectivity index (χ0v) is 11.3. The molecule has 0 saturated carbocycles. The van der Waals surface area contributed by atoms with Crippen molar-refractivity contribution in [1.82, 2.24) is 0 Å². The second-order valence-electron chi connectivity index (χ2n) is 3.09. The summed E-state index contributed by atoms with van der Waals surface area (Å²) in [5.74, 6) is 4.97. The predicted octanol–water partition coefficient (Wildman–Crippen LogP) is 2.44. The Labute approximate surface area is 103 Å². The van der Waals surface area contributed by atoms with Gasteiger partial charge < -0.3 is 4.74 Å². The highest BCUT2D eigenvalue weighted by molar-refractivity contribution is 8.35. The summed E-state index contributed by atoms with van der Waals surface area (Å²) in [6.07, 6.45) is 0. The maximum absolute atomic E-state index is 6.13. The summed E-state index contributed by atoms with van der Waals surface area (Å²) in [6, 6.07) is 0. The number of hydrogen-bond donors (Lipinski definition) is 2. The number of thiol groups is 2. The number of hydrogen-bond acceptors (Lipinski definition) is 6. The number of rotatable bonds is 2. The lowest BCUT2D eigenvalue weighted by molar-refractivity contribution is 0.0299. The molecule has 2 saturated heterocycles. The van der Waals surface area contributed by atoms with Gasteiger partial charge in [-0.1, -0.05) is 0 Å². The predicted molar refractivity (Wildman–Crippen MR) is 71.6 cm³/mol. The quantitative estimate of drug-likeness (QED) is 0.747. The van der Waals surface area contributed by atoms with Crippen LogP contribution in [0.2, 0.25) is 0 Å². The summed E-state index contributed by atoms with van der Waals surface area (Å²) >= 11 is 14.5. The Kier molecular flexibility index (Phi) is 3.70. The van der Waals surface area contributed by atoms with Crippen molar-refractivity contribution in [3.63, 3.8) is 0 Å². The van der Waals surface area contributed by atoms with Crippen molar-refractivity contribution in [2.45, 2.75) is 9.20 Å². The second kappa shape index (κ2) is 4.29. The minimum Gasteiger partial charge on any atom is -0.337 e. The molecule has 6 heteroatoms. The Balaban J connectivity index is 2.06. The standard InChI is InChI=1S/C7H12OS5/c9-3-6(4-10)5-13-7(8-6)11-1-2-12-7/h9-10H,1-5H2. The van der Waals surface area contributed by atoms with E-state index in [-0.39, 0.29) is 9.20 Å². The molecule has 2 fully saturated rings. The van der Waals surface area contributed by atoms with Gasteiger partial charge in [-0.05, 0) is 0 Å². The Morgan fingerprint density at radius 3 is 2.15 bits per heavy atom. The molecule has 0 aromatic heterocycles. The summed E-state index contributed by atoms with van der Waals surface area (Å²) in [5.41, 5.74) is -0.0960. The van der Waals surface area contributed by atoms with Crippen LogP contribution in [-0.2, 0) is 4.74 Å². The van der Waals surface area contributed by atoms with E-state index < -0.39 is 0 Å². The maximum atomic E-state index is 6.13. The molecule has 2 rings (SSSR count). The van der Waals surface area contributed by atoms with Crippen LogP contribution in [0, 0.1) is 0 Å². The van der Waals surface area contributed by atoms with Gasteiger partial charge in [-0.3, -0.25) is 0 Å². The first kappa shape index (κ1) is 11.2. The first-order chi connectivity index (χ1) is 6.24. The van der Waals surface area contributed by atoms with E-state index in [9.17, 15) is 0 Å². The second-order valence-corrected chi connectivity index (χ2v) is 8.19. The van der Waals surface area contributed by atoms with E-state index in [4.69, 9.17) is 4.74 Å². The van der Waals surface area contributed by atoms with Crippen LogP contribution < -0.4 is 0 Å². The molecule has 2 aliphatic heterocycles. The molecule has 0 aromatic rings. The molecule has 0 N–H and O–H groups in total. The zero-order chi connectivity index (χ0) is 9.36. The third kappa shape index (κ3) is 2.13. The lowest BCUT2D eigenvalue weighted by Gasteiger charge is -2.27. The largest absolute Gasteiger partial charge is 0.337 e. The van der Waals surface area contributed by atoms with Gasteiger partial charge in [-0.25, -0.2) is 0 Å². The molecule has 0 bridgehead atoms. The smallest absolute Gasteiger partial charge is 0.209 e. The highest BCUT2D eigenvalue weighted by Crippen LogP contribution is 2.59. The fraction of sp³-hybridized carbons (Fsp3) is 1.00. The molecule has 0 amide bonds. The van der Waals surface area contributed by atoms with Gasteiger partial charge in [0.05, 0.1) is 5.60 Å². The third-order valence-electron chi connectivity index (χ3n) is 2.07. The van der Waals surface area contributed by atoms with Gasteiger partial charge in [0.25, 0.3) is 0 Å². The van der Waals surface area contributed by atoms with Gasteiger partial charge in [0.2, 0.25) is 3.60 Å². The van der Waals surface area contributed by atoms with E-state index in [2.05, 4.69) is 25.3 Å². The van der Waals surface area contributed by atoms with Gasteiger partial charge >= 0.3 is 0 Å². The lowest BCUT2D eigenvalue weighted by atomic mass is 10.2. The zero-order valence-electron chi connectivity index (χ0n) is 7.06. The number of ether oxygens (including phenoxy) is 1.